The summed E-state index contributed by atoms with van der Waals surface area (Å²) in [7, 11) is 0. The molecular formula is C21H26N2O2S. The first-order valence-electron chi connectivity index (χ1n) is 9.66. The molecule has 138 valence electrons. The number of allylic oxidation sites excluding steroid dienone is 1. The fourth-order valence-electron chi connectivity index (χ4n) is 4.24. The van der Waals surface area contributed by atoms with Crippen molar-refractivity contribution in [2.75, 3.05) is 24.7 Å². The van der Waals surface area contributed by atoms with E-state index in [2.05, 4.69) is 30.3 Å². The lowest BCUT2D eigenvalue weighted by Gasteiger charge is -2.27. The van der Waals surface area contributed by atoms with E-state index in [1.165, 1.54) is 16.7 Å². The van der Waals surface area contributed by atoms with E-state index in [-0.39, 0.29) is 17.9 Å². The van der Waals surface area contributed by atoms with Crippen LogP contribution in [-0.2, 0) is 16.0 Å². The molecule has 0 aromatic heterocycles. The molecule has 1 aromatic carbocycles. The molecule has 1 unspecified atom stereocenters. The van der Waals surface area contributed by atoms with Crippen LogP contribution in [0.1, 0.15) is 43.2 Å². The second kappa shape index (κ2) is 7.87. The summed E-state index contributed by atoms with van der Waals surface area (Å²) in [6.07, 6.45) is 7.45. The van der Waals surface area contributed by atoms with E-state index in [9.17, 15) is 9.59 Å². The monoisotopic (exact) mass is 370 g/mol. The molecule has 1 aliphatic carbocycles. The number of likely N-dealkylation sites (tertiary alicyclic amines) is 1. The van der Waals surface area contributed by atoms with Crippen molar-refractivity contribution in [2.45, 2.75) is 44.6 Å². The zero-order valence-electron chi connectivity index (χ0n) is 15.2. The van der Waals surface area contributed by atoms with Crippen LogP contribution < -0.4 is 0 Å². The average molecular weight is 371 g/mol. The van der Waals surface area contributed by atoms with Crippen molar-refractivity contribution in [3.8, 4) is 0 Å². The third-order valence-corrected chi connectivity index (χ3v) is 6.61. The number of rotatable bonds is 5. The SMILES string of the molecule is O=C(C1CCCN1C(=O)CCCC1=Cc2ccccc2C1)N1CCSC1. The van der Waals surface area contributed by atoms with Crippen molar-refractivity contribution < 1.29 is 9.59 Å². The van der Waals surface area contributed by atoms with Crippen molar-refractivity contribution in [1.82, 2.24) is 9.80 Å². The first kappa shape index (κ1) is 17.7. The van der Waals surface area contributed by atoms with E-state index in [0.717, 1.165) is 56.8 Å². The van der Waals surface area contributed by atoms with Crippen molar-refractivity contribution in [3.05, 3.63) is 41.0 Å². The topological polar surface area (TPSA) is 40.6 Å². The van der Waals surface area contributed by atoms with Crippen LogP contribution in [0.4, 0.5) is 0 Å². The minimum Gasteiger partial charge on any atom is -0.331 e. The molecule has 0 spiro atoms. The van der Waals surface area contributed by atoms with Crippen LogP contribution in [0.2, 0.25) is 0 Å². The summed E-state index contributed by atoms with van der Waals surface area (Å²) in [5.41, 5.74) is 4.13. The molecule has 2 amide bonds. The molecule has 2 heterocycles. The Bertz CT molecular complexity index is 724. The Morgan fingerprint density at radius 2 is 2.08 bits per heavy atom. The first-order chi connectivity index (χ1) is 12.7. The van der Waals surface area contributed by atoms with Crippen LogP contribution in [0.5, 0.6) is 0 Å². The predicted octanol–water partition coefficient (Wildman–Crippen LogP) is 3.32. The number of nitrogens with zero attached hydrogens (tertiary/aromatic N) is 2. The molecule has 2 aliphatic heterocycles. The Morgan fingerprint density at radius 1 is 1.19 bits per heavy atom. The third kappa shape index (κ3) is 3.68. The lowest BCUT2D eigenvalue weighted by Crippen LogP contribution is -2.46. The van der Waals surface area contributed by atoms with Crippen LogP contribution in [0.15, 0.2) is 29.8 Å². The largest absolute Gasteiger partial charge is 0.331 e. The number of carbonyl (C=O) groups is 2. The molecule has 26 heavy (non-hydrogen) atoms. The number of carbonyl (C=O) groups excluding carboxylic acids is 2. The van der Waals surface area contributed by atoms with Gasteiger partial charge in [-0.15, -0.1) is 11.8 Å². The summed E-state index contributed by atoms with van der Waals surface area (Å²) in [4.78, 5) is 29.1. The van der Waals surface area contributed by atoms with Gasteiger partial charge in [0.05, 0.1) is 5.88 Å². The summed E-state index contributed by atoms with van der Waals surface area (Å²) in [5, 5.41) is 0. The van der Waals surface area contributed by atoms with Gasteiger partial charge in [-0.2, -0.15) is 0 Å². The van der Waals surface area contributed by atoms with Crippen molar-refractivity contribution in [1.29, 1.82) is 0 Å². The van der Waals surface area contributed by atoms with Gasteiger partial charge in [0.2, 0.25) is 11.8 Å². The fraction of sp³-hybridized carbons (Fsp3) is 0.524. The molecule has 2 saturated heterocycles. The molecule has 4 nitrogen and oxygen atoms in total. The maximum absolute atomic E-state index is 12.7. The van der Waals surface area contributed by atoms with Gasteiger partial charge in [0, 0.05) is 25.3 Å². The van der Waals surface area contributed by atoms with E-state index in [1.54, 1.807) is 11.8 Å². The van der Waals surface area contributed by atoms with Gasteiger partial charge in [-0.25, -0.2) is 0 Å². The molecule has 1 aromatic rings. The summed E-state index contributed by atoms with van der Waals surface area (Å²) in [6, 6.07) is 8.29. The van der Waals surface area contributed by atoms with Crippen LogP contribution in [-0.4, -0.2) is 52.4 Å². The van der Waals surface area contributed by atoms with Crippen LogP contribution in [0, 0.1) is 0 Å². The van der Waals surface area contributed by atoms with Crippen molar-refractivity contribution >= 4 is 29.7 Å². The molecule has 5 heteroatoms. The highest BCUT2D eigenvalue weighted by molar-refractivity contribution is 7.99. The average Bonchev–Trinajstić information content (AvgIpc) is 3.40. The van der Waals surface area contributed by atoms with Crippen LogP contribution >= 0.6 is 11.8 Å². The summed E-state index contributed by atoms with van der Waals surface area (Å²) in [5.74, 6) is 2.12. The normalized spacial score (nSPS) is 21.8. The Hall–Kier alpha value is -1.75. The highest BCUT2D eigenvalue weighted by Crippen LogP contribution is 2.28. The van der Waals surface area contributed by atoms with Gasteiger partial charge >= 0.3 is 0 Å². The molecule has 0 bridgehead atoms. The minimum atomic E-state index is -0.212. The summed E-state index contributed by atoms with van der Waals surface area (Å²) in [6.45, 7) is 1.57. The smallest absolute Gasteiger partial charge is 0.246 e. The zero-order valence-corrected chi connectivity index (χ0v) is 16.0. The molecule has 1 atom stereocenters. The number of hydrogen-bond donors (Lipinski definition) is 0. The van der Waals surface area contributed by atoms with Crippen LogP contribution in [0.3, 0.4) is 0 Å². The Balaban J connectivity index is 1.27. The molecule has 0 N–H and O–H groups in total. The highest BCUT2D eigenvalue weighted by atomic mass is 32.2. The van der Waals surface area contributed by atoms with E-state index in [4.69, 9.17) is 0 Å². The van der Waals surface area contributed by atoms with Gasteiger partial charge in [0.25, 0.3) is 0 Å². The second-order valence-corrected chi connectivity index (χ2v) is 8.49. The van der Waals surface area contributed by atoms with Gasteiger partial charge in [0.1, 0.15) is 6.04 Å². The molecule has 0 radical (unpaired) electrons. The van der Waals surface area contributed by atoms with Gasteiger partial charge in [-0.3, -0.25) is 9.59 Å². The number of fused-ring (bicyclic) bond motifs is 1. The fourth-order valence-corrected chi connectivity index (χ4v) is 5.20. The second-order valence-electron chi connectivity index (χ2n) is 7.42. The number of benzene rings is 1. The number of hydrogen-bond acceptors (Lipinski definition) is 3. The van der Waals surface area contributed by atoms with E-state index < -0.39 is 0 Å². The maximum Gasteiger partial charge on any atom is 0.246 e. The highest BCUT2D eigenvalue weighted by Gasteiger charge is 2.36. The molecular weight excluding hydrogens is 344 g/mol. The number of thioether (sulfide) groups is 1. The van der Waals surface area contributed by atoms with Gasteiger partial charge in [-0.05, 0) is 43.2 Å². The molecule has 2 fully saturated rings. The molecule has 4 rings (SSSR count). The van der Waals surface area contributed by atoms with E-state index in [1.807, 2.05) is 9.80 Å². The molecule has 3 aliphatic rings. The summed E-state index contributed by atoms with van der Waals surface area (Å²) >= 11 is 1.80. The van der Waals surface area contributed by atoms with Gasteiger partial charge in [0.15, 0.2) is 0 Å². The quantitative estimate of drug-likeness (QED) is 0.798. The third-order valence-electron chi connectivity index (χ3n) is 5.64. The van der Waals surface area contributed by atoms with Gasteiger partial charge < -0.3 is 9.80 Å². The maximum atomic E-state index is 12.7. The van der Waals surface area contributed by atoms with E-state index in [0.29, 0.717) is 6.42 Å². The Labute approximate surface area is 159 Å². The lowest BCUT2D eigenvalue weighted by atomic mass is 10.1. The Kier molecular flexibility index (Phi) is 5.34. The standard InChI is InChI=1S/C21H26N2O2S/c24-20(9-3-5-16-13-17-6-1-2-7-18(17)14-16)23-10-4-8-19(23)21(25)22-11-12-26-15-22/h1-2,6-7,13,19H,3-5,8-12,14-15H2. The summed E-state index contributed by atoms with van der Waals surface area (Å²) < 4.78 is 0. The number of amides is 2. The Morgan fingerprint density at radius 3 is 2.88 bits per heavy atom. The lowest BCUT2D eigenvalue weighted by molar-refractivity contribution is -0.143. The zero-order chi connectivity index (χ0) is 17.9. The predicted molar refractivity (Wildman–Crippen MR) is 106 cm³/mol. The van der Waals surface area contributed by atoms with E-state index >= 15 is 0 Å². The van der Waals surface area contributed by atoms with Crippen molar-refractivity contribution in [2.24, 2.45) is 0 Å². The van der Waals surface area contributed by atoms with Crippen LogP contribution in [0.25, 0.3) is 6.08 Å². The van der Waals surface area contributed by atoms with Crippen molar-refractivity contribution in [3.63, 3.8) is 0 Å². The minimum absolute atomic E-state index is 0.156. The van der Waals surface area contributed by atoms with Gasteiger partial charge in [-0.1, -0.05) is 35.9 Å². The molecule has 0 saturated carbocycles. The first-order valence-corrected chi connectivity index (χ1v) is 10.8.